The molecule has 1 aromatic rings. The van der Waals surface area contributed by atoms with Crippen LogP contribution in [0.3, 0.4) is 0 Å². The molecule has 116 valence electrons. The van der Waals surface area contributed by atoms with E-state index in [0.717, 1.165) is 5.92 Å². The molecule has 3 rings (SSSR count). The van der Waals surface area contributed by atoms with Crippen LogP contribution in [0, 0.1) is 5.92 Å². The Labute approximate surface area is 129 Å². The molecule has 1 atom stereocenters. The van der Waals surface area contributed by atoms with E-state index in [-0.39, 0.29) is 0 Å². The van der Waals surface area contributed by atoms with Gasteiger partial charge >= 0.3 is 0 Å². The van der Waals surface area contributed by atoms with E-state index in [4.69, 9.17) is 4.98 Å². The van der Waals surface area contributed by atoms with Gasteiger partial charge in [0.25, 0.3) is 0 Å². The lowest BCUT2D eigenvalue weighted by Crippen LogP contribution is -2.33. The molecule has 2 saturated heterocycles. The van der Waals surface area contributed by atoms with Crippen molar-refractivity contribution in [3.05, 3.63) is 23.9 Å². The first-order valence-corrected chi connectivity index (χ1v) is 8.69. The van der Waals surface area contributed by atoms with Crippen LogP contribution in [0.15, 0.2) is 18.3 Å². The Bertz CT molecular complexity index is 452. The highest BCUT2D eigenvalue weighted by molar-refractivity contribution is 5.49. The predicted molar refractivity (Wildman–Crippen MR) is 88.7 cm³/mol. The van der Waals surface area contributed by atoms with Gasteiger partial charge in [0.2, 0.25) is 0 Å². The number of rotatable bonds is 4. The first-order chi connectivity index (χ1) is 10.3. The van der Waals surface area contributed by atoms with Crippen LogP contribution in [0.5, 0.6) is 0 Å². The van der Waals surface area contributed by atoms with Gasteiger partial charge in [0.15, 0.2) is 0 Å². The van der Waals surface area contributed by atoms with Crippen molar-refractivity contribution in [3.63, 3.8) is 0 Å². The highest BCUT2D eigenvalue weighted by Gasteiger charge is 2.30. The summed E-state index contributed by atoms with van der Waals surface area (Å²) in [5.74, 6) is 2.00. The van der Waals surface area contributed by atoms with Crippen LogP contribution >= 0.6 is 0 Å². The molecule has 3 heteroatoms. The lowest BCUT2D eigenvalue weighted by Gasteiger charge is -2.33. The number of pyridine rings is 1. The van der Waals surface area contributed by atoms with E-state index in [1.54, 1.807) is 0 Å². The maximum absolute atomic E-state index is 4.76. The van der Waals surface area contributed by atoms with Crippen molar-refractivity contribution in [1.29, 1.82) is 0 Å². The predicted octanol–water partition coefficient (Wildman–Crippen LogP) is 3.86. The molecule has 0 saturated carbocycles. The summed E-state index contributed by atoms with van der Waals surface area (Å²) >= 11 is 0. The van der Waals surface area contributed by atoms with Crippen LogP contribution in [0.1, 0.15) is 57.6 Å². The Morgan fingerprint density at radius 2 is 1.95 bits per heavy atom. The van der Waals surface area contributed by atoms with Gasteiger partial charge in [0.05, 0.1) is 0 Å². The second kappa shape index (κ2) is 6.78. The molecule has 0 aliphatic carbocycles. The summed E-state index contributed by atoms with van der Waals surface area (Å²) in [6.07, 6.45) is 8.59. The van der Waals surface area contributed by atoms with Crippen LogP contribution < -0.4 is 4.90 Å². The van der Waals surface area contributed by atoms with Crippen molar-refractivity contribution in [2.75, 3.05) is 31.1 Å². The van der Waals surface area contributed by atoms with Gasteiger partial charge in [-0.3, -0.25) is 4.90 Å². The van der Waals surface area contributed by atoms with Crippen LogP contribution in [-0.4, -0.2) is 36.1 Å². The summed E-state index contributed by atoms with van der Waals surface area (Å²) in [4.78, 5) is 9.95. The SMILES string of the molecule is CC(C)CN1CCCC1c1cccnc1N1CCCCC1. The van der Waals surface area contributed by atoms with E-state index in [1.165, 1.54) is 69.7 Å². The standard InChI is InChI=1S/C18H29N3/c1-15(2)14-21-13-7-9-17(21)16-8-6-10-19-18(16)20-11-4-3-5-12-20/h6,8,10,15,17H,3-5,7,9,11-14H2,1-2H3. The molecule has 2 fully saturated rings. The van der Waals surface area contributed by atoms with Gasteiger partial charge in [-0.2, -0.15) is 0 Å². The fourth-order valence-corrected chi connectivity index (χ4v) is 3.91. The Morgan fingerprint density at radius 1 is 1.14 bits per heavy atom. The van der Waals surface area contributed by atoms with Gasteiger partial charge in [-0.15, -0.1) is 0 Å². The fourth-order valence-electron chi connectivity index (χ4n) is 3.91. The number of anilines is 1. The van der Waals surface area contributed by atoms with Gasteiger partial charge in [-0.05, 0) is 50.6 Å². The van der Waals surface area contributed by atoms with Crippen LogP contribution in [0.25, 0.3) is 0 Å². The third-order valence-electron chi connectivity index (χ3n) is 4.79. The van der Waals surface area contributed by atoms with Crippen molar-refractivity contribution >= 4 is 5.82 Å². The van der Waals surface area contributed by atoms with Gasteiger partial charge in [0, 0.05) is 37.4 Å². The van der Waals surface area contributed by atoms with Crippen molar-refractivity contribution in [2.24, 2.45) is 5.92 Å². The third-order valence-corrected chi connectivity index (χ3v) is 4.79. The Hall–Kier alpha value is -1.09. The molecule has 21 heavy (non-hydrogen) atoms. The summed E-state index contributed by atoms with van der Waals surface area (Å²) in [5.41, 5.74) is 1.47. The fraction of sp³-hybridized carbons (Fsp3) is 0.722. The number of piperidine rings is 1. The molecule has 0 aromatic carbocycles. The normalized spacial score (nSPS) is 24.0. The molecule has 3 heterocycles. The van der Waals surface area contributed by atoms with E-state index < -0.39 is 0 Å². The molecular formula is C18H29N3. The molecule has 2 aliphatic heterocycles. The number of hydrogen-bond acceptors (Lipinski definition) is 3. The molecule has 3 nitrogen and oxygen atoms in total. The molecule has 1 unspecified atom stereocenters. The smallest absolute Gasteiger partial charge is 0.133 e. The number of hydrogen-bond donors (Lipinski definition) is 0. The zero-order chi connectivity index (χ0) is 14.7. The minimum atomic E-state index is 0.582. The quantitative estimate of drug-likeness (QED) is 0.838. The first kappa shape index (κ1) is 14.8. The van der Waals surface area contributed by atoms with Crippen LogP contribution in [-0.2, 0) is 0 Å². The molecule has 0 radical (unpaired) electrons. The van der Waals surface area contributed by atoms with E-state index in [2.05, 4.69) is 35.8 Å². The molecule has 1 aromatic heterocycles. The van der Waals surface area contributed by atoms with Gasteiger partial charge in [-0.25, -0.2) is 4.98 Å². The highest BCUT2D eigenvalue weighted by atomic mass is 15.2. The molecule has 2 aliphatic rings. The first-order valence-electron chi connectivity index (χ1n) is 8.69. The van der Waals surface area contributed by atoms with Crippen molar-refractivity contribution < 1.29 is 0 Å². The van der Waals surface area contributed by atoms with Crippen molar-refractivity contribution in [2.45, 2.75) is 52.0 Å². The Kier molecular flexibility index (Phi) is 4.79. The molecular weight excluding hydrogens is 258 g/mol. The number of likely N-dealkylation sites (tertiary alicyclic amines) is 1. The third kappa shape index (κ3) is 3.39. The molecule has 0 spiro atoms. The highest BCUT2D eigenvalue weighted by Crippen LogP contribution is 2.37. The van der Waals surface area contributed by atoms with Crippen molar-refractivity contribution in [3.8, 4) is 0 Å². The average Bonchev–Trinajstić information content (AvgIpc) is 2.95. The molecule has 0 bridgehead atoms. The van der Waals surface area contributed by atoms with Gasteiger partial charge in [-0.1, -0.05) is 19.9 Å². The summed E-state index contributed by atoms with van der Waals surface area (Å²) in [7, 11) is 0. The molecule has 0 amide bonds. The Morgan fingerprint density at radius 3 is 2.71 bits per heavy atom. The largest absolute Gasteiger partial charge is 0.356 e. The maximum Gasteiger partial charge on any atom is 0.133 e. The second-order valence-corrected chi connectivity index (χ2v) is 7.01. The summed E-state index contributed by atoms with van der Waals surface area (Å²) in [6, 6.07) is 5.02. The summed E-state index contributed by atoms with van der Waals surface area (Å²) in [6.45, 7) is 9.46. The van der Waals surface area contributed by atoms with E-state index in [0.29, 0.717) is 6.04 Å². The van der Waals surface area contributed by atoms with Crippen LogP contribution in [0.2, 0.25) is 0 Å². The zero-order valence-electron chi connectivity index (χ0n) is 13.6. The maximum atomic E-state index is 4.76. The minimum absolute atomic E-state index is 0.582. The Balaban J connectivity index is 1.83. The number of aromatic nitrogens is 1. The monoisotopic (exact) mass is 287 g/mol. The average molecular weight is 287 g/mol. The summed E-state index contributed by atoms with van der Waals surface area (Å²) in [5, 5.41) is 0. The van der Waals surface area contributed by atoms with E-state index in [9.17, 15) is 0 Å². The summed E-state index contributed by atoms with van der Waals surface area (Å²) < 4.78 is 0. The van der Waals surface area contributed by atoms with Gasteiger partial charge < -0.3 is 4.90 Å². The molecule has 0 N–H and O–H groups in total. The topological polar surface area (TPSA) is 19.4 Å². The van der Waals surface area contributed by atoms with Gasteiger partial charge in [0.1, 0.15) is 5.82 Å². The lowest BCUT2D eigenvalue weighted by molar-refractivity contribution is 0.228. The zero-order valence-corrected chi connectivity index (χ0v) is 13.6. The van der Waals surface area contributed by atoms with E-state index >= 15 is 0 Å². The minimum Gasteiger partial charge on any atom is -0.356 e. The lowest BCUT2D eigenvalue weighted by atomic mass is 10.0. The van der Waals surface area contributed by atoms with Crippen LogP contribution in [0.4, 0.5) is 5.82 Å². The van der Waals surface area contributed by atoms with E-state index in [1.807, 2.05) is 6.20 Å². The second-order valence-electron chi connectivity index (χ2n) is 7.01. The number of nitrogens with zero attached hydrogens (tertiary/aromatic N) is 3. The van der Waals surface area contributed by atoms with Crippen molar-refractivity contribution in [1.82, 2.24) is 9.88 Å².